The molecule has 0 saturated heterocycles. The van der Waals surface area contributed by atoms with E-state index in [1.807, 2.05) is 13.8 Å². The molecule has 7 nitrogen and oxygen atoms in total. The number of carbonyl (C=O) groups excluding carboxylic acids is 2. The van der Waals surface area contributed by atoms with Gasteiger partial charge in [-0.25, -0.2) is 8.42 Å². The standard InChI is InChI=1S/C24H32N2O5S/c1-16-12-19(24(4,5)6)13-17(2)22(16)15-31-23(28)14-26(7)32(29,30)21-10-8-20(9-11-21)25-18(3)27/h8-13H,14-15H2,1-7H3,(H,25,27). The average Bonchev–Trinajstić information content (AvgIpc) is 2.66. The van der Waals surface area contributed by atoms with Crippen LogP contribution in [0.5, 0.6) is 0 Å². The molecule has 2 aromatic carbocycles. The summed E-state index contributed by atoms with van der Waals surface area (Å²) in [5.41, 5.74) is 4.69. The highest BCUT2D eigenvalue weighted by molar-refractivity contribution is 7.89. The highest BCUT2D eigenvalue weighted by atomic mass is 32.2. The van der Waals surface area contributed by atoms with Gasteiger partial charge in [0.25, 0.3) is 0 Å². The predicted octanol–water partition coefficient (Wildman–Crippen LogP) is 3.92. The molecule has 0 spiro atoms. The van der Waals surface area contributed by atoms with Crippen LogP contribution in [0.1, 0.15) is 49.9 Å². The Kier molecular flexibility index (Phi) is 7.85. The van der Waals surface area contributed by atoms with Gasteiger partial charge in [-0.1, -0.05) is 32.9 Å². The molecule has 2 rings (SSSR count). The molecule has 1 amide bonds. The van der Waals surface area contributed by atoms with Gasteiger partial charge >= 0.3 is 5.97 Å². The second-order valence-corrected chi connectivity index (χ2v) is 11.0. The van der Waals surface area contributed by atoms with Crippen molar-refractivity contribution in [2.45, 2.75) is 58.5 Å². The minimum atomic E-state index is -3.88. The highest BCUT2D eigenvalue weighted by Crippen LogP contribution is 2.27. The Hall–Kier alpha value is -2.71. The molecule has 0 heterocycles. The molecule has 0 bridgehead atoms. The van der Waals surface area contributed by atoms with Gasteiger partial charge in [-0.05, 0) is 65.8 Å². The van der Waals surface area contributed by atoms with Crippen LogP contribution in [0.4, 0.5) is 5.69 Å². The summed E-state index contributed by atoms with van der Waals surface area (Å²) in [5.74, 6) is -0.886. The first-order chi connectivity index (χ1) is 14.7. The molecule has 0 aliphatic rings. The van der Waals surface area contributed by atoms with E-state index in [1.54, 1.807) is 0 Å². The van der Waals surface area contributed by atoms with Gasteiger partial charge in [-0.3, -0.25) is 9.59 Å². The van der Waals surface area contributed by atoms with E-state index in [1.165, 1.54) is 43.8 Å². The first-order valence-corrected chi connectivity index (χ1v) is 11.8. The van der Waals surface area contributed by atoms with Gasteiger partial charge in [0.2, 0.25) is 15.9 Å². The third-order valence-corrected chi connectivity index (χ3v) is 6.99. The van der Waals surface area contributed by atoms with E-state index < -0.39 is 22.5 Å². The van der Waals surface area contributed by atoms with E-state index in [-0.39, 0.29) is 22.8 Å². The zero-order chi connectivity index (χ0) is 24.3. The third kappa shape index (κ3) is 6.40. The second-order valence-electron chi connectivity index (χ2n) is 8.97. The molecule has 0 fully saturated rings. The Morgan fingerprint density at radius 1 is 1.03 bits per heavy atom. The van der Waals surface area contributed by atoms with Crippen molar-refractivity contribution in [3.63, 3.8) is 0 Å². The summed E-state index contributed by atoms with van der Waals surface area (Å²) in [6.07, 6.45) is 0. The molecule has 174 valence electrons. The minimum Gasteiger partial charge on any atom is -0.460 e. The van der Waals surface area contributed by atoms with E-state index in [0.717, 1.165) is 21.0 Å². The number of rotatable bonds is 7. The number of nitrogens with zero attached hydrogens (tertiary/aromatic N) is 1. The molecule has 0 saturated carbocycles. The molecule has 32 heavy (non-hydrogen) atoms. The lowest BCUT2D eigenvalue weighted by molar-refractivity contribution is -0.144. The fraction of sp³-hybridized carbons (Fsp3) is 0.417. The monoisotopic (exact) mass is 460 g/mol. The molecular weight excluding hydrogens is 428 g/mol. The Morgan fingerprint density at radius 2 is 1.56 bits per heavy atom. The SMILES string of the molecule is CC(=O)Nc1ccc(S(=O)(=O)N(C)CC(=O)OCc2c(C)cc(C(C)(C)C)cc2C)cc1. The molecule has 0 radical (unpaired) electrons. The number of hydrogen-bond donors (Lipinski definition) is 1. The number of nitrogens with one attached hydrogen (secondary N) is 1. The van der Waals surface area contributed by atoms with Crippen molar-refractivity contribution in [2.75, 3.05) is 18.9 Å². The fourth-order valence-electron chi connectivity index (χ4n) is 3.21. The van der Waals surface area contributed by atoms with Gasteiger partial charge in [0.1, 0.15) is 13.2 Å². The molecule has 8 heteroatoms. The summed E-state index contributed by atoms with van der Waals surface area (Å²) in [7, 11) is -2.55. The molecule has 1 N–H and O–H groups in total. The maximum absolute atomic E-state index is 12.7. The van der Waals surface area contributed by atoms with Gasteiger partial charge in [0.05, 0.1) is 4.90 Å². The number of anilines is 1. The first-order valence-electron chi connectivity index (χ1n) is 10.3. The first kappa shape index (κ1) is 25.5. The summed E-state index contributed by atoms with van der Waals surface area (Å²) < 4.78 is 31.8. The molecule has 0 atom stereocenters. The van der Waals surface area contributed by atoms with Crippen LogP contribution in [0, 0.1) is 13.8 Å². The van der Waals surface area contributed by atoms with Crippen molar-refractivity contribution in [1.29, 1.82) is 0 Å². The summed E-state index contributed by atoms with van der Waals surface area (Å²) >= 11 is 0. The van der Waals surface area contributed by atoms with Crippen molar-refractivity contribution in [3.05, 3.63) is 58.7 Å². The topological polar surface area (TPSA) is 92.8 Å². The van der Waals surface area contributed by atoms with Crippen molar-refractivity contribution in [3.8, 4) is 0 Å². The molecule has 0 aromatic heterocycles. The molecule has 0 aliphatic heterocycles. The molecule has 0 unspecified atom stereocenters. The van der Waals surface area contributed by atoms with Gasteiger partial charge in [0, 0.05) is 19.7 Å². The number of amides is 1. The number of benzene rings is 2. The van der Waals surface area contributed by atoms with E-state index in [4.69, 9.17) is 4.74 Å². The Labute approximate surface area is 190 Å². The van der Waals surface area contributed by atoms with Crippen molar-refractivity contribution < 1.29 is 22.7 Å². The van der Waals surface area contributed by atoms with Crippen LogP contribution in [0.15, 0.2) is 41.3 Å². The number of aryl methyl sites for hydroxylation is 2. The van der Waals surface area contributed by atoms with Crippen molar-refractivity contribution in [1.82, 2.24) is 4.31 Å². The number of ether oxygens (including phenoxy) is 1. The largest absolute Gasteiger partial charge is 0.460 e. The van der Waals surface area contributed by atoms with Crippen LogP contribution in [-0.2, 0) is 36.4 Å². The molecule has 2 aromatic rings. The summed E-state index contributed by atoms with van der Waals surface area (Å²) in [5, 5.41) is 2.58. The van der Waals surface area contributed by atoms with E-state index in [2.05, 4.69) is 38.2 Å². The summed E-state index contributed by atoms with van der Waals surface area (Å²) in [6.45, 7) is 11.4. The normalized spacial score (nSPS) is 12.0. The van der Waals surface area contributed by atoms with E-state index >= 15 is 0 Å². The van der Waals surface area contributed by atoms with Gasteiger partial charge in [-0.15, -0.1) is 0 Å². The van der Waals surface area contributed by atoms with Crippen LogP contribution in [0.25, 0.3) is 0 Å². The number of esters is 1. The average molecular weight is 461 g/mol. The highest BCUT2D eigenvalue weighted by Gasteiger charge is 2.24. The number of likely N-dealkylation sites (N-methyl/N-ethyl adjacent to an activating group) is 1. The Balaban J connectivity index is 2.04. The predicted molar refractivity (Wildman–Crippen MR) is 125 cm³/mol. The van der Waals surface area contributed by atoms with Crippen LogP contribution >= 0.6 is 0 Å². The number of hydrogen-bond acceptors (Lipinski definition) is 5. The lowest BCUT2D eigenvalue weighted by Crippen LogP contribution is -2.33. The Morgan fingerprint density at radius 3 is 2.03 bits per heavy atom. The van der Waals surface area contributed by atoms with Crippen LogP contribution in [0.2, 0.25) is 0 Å². The Bertz CT molecular complexity index is 1080. The van der Waals surface area contributed by atoms with Gasteiger partial charge in [-0.2, -0.15) is 4.31 Å². The number of sulfonamides is 1. The van der Waals surface area contributed by atoms with Crippen LogP contribution < -0.4 is 5.32 Å². The number of carbonyl (C=O) groups is 2. The van der Waals surface area contributed by atoms with Crippen LogP contribution in [-0.4, -0.2) is 38.2 Å². The summed E-state index contributed by atoms with van der Waals surface area (Å²) in [6, 6.07) is 9.94. The molecule has 0 aliphatic carbocycles. The van der Waals surface area contributed by atoms with Crippen molar-refractivity contribution in [2.24, 2.45) is 0 Å². The van der Waals surface area contributed by atoms with E-state index in [9.17, 15) is 18.0 Å². The zero-order valence-corrected chi connectivity index (χ0v) is 20.6. The second kappa shape index (κ2) is 9.83. The summed E-state index contributed by atoms with van der Waals surface area (Å²) in [4.78, 5) is 23.5. The lowest BCUT2D eigenvalue weighted by atomic mass is 9.84. The van der Waals surface area contributed by atoms with Gasteiger partial charge < -0.3 is 10.1 Å². The lowest BCUT2D eigenvalue weighted by Gasteiger charge is -2.22. The maximum Gasteiger partial charge on any atom is 0.321 e. The maximum atomic E-state index is 12.7. The third-order valence-electron chi connectivity index (χ3n) is 5.17. The smallest absolute Gasteiger partial charge is 0.321 e. The molecular formula is C24H32N2O5S. The van der Waals surface area contributed by atoms with E-state index in [0.29, 0.717) is 5.69 Å². The van der Waals surface area contributed by atoms with Gasteiger partial charge in [0.15, 0.2) is 0 Å². The van der Waals surface area contributed by atoms with Crippen molar-refractivity contribution >= 4 is 27.6 Å². The zero-order valence-electron chi connectivity index (χ0n) is 19.8. The fourth-order valence-corrected chi connectivity index (χ4v) is 4.33. The minimum absolute atomic E-state index is 0.0160. The quantitative estimate of drug-likeness (QED) is 0.632. The van der Waals surface area contributed by atoms with Crippen LogP contribution in [0.3, 0.4) is 0 Å².